The molecule has 4 rings (SSSR count). The van der Waals surface area contributed by atoms with Crippen molar-refractivity contribution in [1.82, 2.24) is 10.2 Å². The van der Waals surface area contributed by atoms with E-state index in [0.29, 0.717) is 10.8 Å². The van der Waals surface area contributed by atoms with Crippen molar-refractivity contribution in [3.8, 4) is 33.9 Å². The minimum atomic E-state index is -4.66. The molecule has 0 spiro atoms. The molecule has 9 heteroatoms. The van der Waals surface area contributed by atoms with Crippen molar-refractivity contribution in [2.24, 2.45) is 0 Å². The van der Waals surface area contributed by atoms with Crippen LogP contribution in [0.3, 0.4) is 0 Å². The average Bonchev–Trinajstić information content (AvgIpc) is 3.19. The second kappa shape index (κ2) is 8.88. The summed E-state index contributed by atoms with van der Waals surface area (Å²) in [6.07, 6.45) is -4.66. The Morgan fingerprint density at radius 1 is 1.00 bits per heavy atom. The number of rotatable bonds is 5. The lowest BCUT2D eigenvalue weighted by molar-refractivity contribution is -0.140. The smallest absolute Gasteiger partial charge is 0.433 e. The van der Waals surface area contributed by atoms with Crippen molar-refractivity contribution in [3.63, 3.8) is 0 Å². The maximum absolute atomic E-state index is 13.6. The molecule has 0 saturated heterocycles. The molecule has 1 heterocycles. The standard InChI is InChI=1S/C23H15BrClF3N2O2/c24-15-5-1-13(2-6-15)12-32-17-9-10-18(19(31)11-17)21-20(14-3-7-16(25)8-4-14)22(30-29-21)23(26,27)28/h1-11,31H,12H2,(H,29,30). The van der Waals surface area contributed by atoms with Gasteiger partial charge in [-0.25, -0.2) is 0 Å². The zero-order valence-electron chi connectivity index (χ0n) is 16.3. The lowest BCUT2D eigenvalue weighted by Gasteiger charge is -2.12. The number of aromatic hydroxyl groups is 1. The highest BCUT2D eigenvalue weighted by molar-refractivity contribution is 9.10. The molecule has 0 aliphatic carbocycles. The third-order valence-electron chi connectivity index (χ3n) is 4.73. The summed E-state index contributed by atoms with van der Waals surface area (Å²) in [5.41, 5.74) is 0.108. The Kier molecular flexibility index (Phi) is 6.17. The highest BCUT2D eigenvalue weighted by Crippen LogP contribution is 2.44. The average molecular weight is 524 g/mol. The minimum Gasteiger partial charge on any atom is -0.507 e. The van der Waals surface area contributed by atoms with Gasteiger partial charge in [0.1, 0.15) is 29.5 Å². The first kappa shape index (κ1) is 22.2. The monoisotopic (exact) mass is 522 g/mol. The van der Waals surface area contributed by atoms with Crippen LogP contribution in [0.5, 0.6) is 11.5 Å². The lowest BCUT2D eigenvalue weighted by Crippen LogP contribution is -2.07. The Morgan fingerprint density at radius 2 is 1.69 bits per heavy atom. The first-order valence-electron chi connectivity index (χ1n) is 9.34. The van der Waals surface area contributed by atoms with Crippen LogP contribution < -0.4 is 4.74 Å². The molecule has 0 unspecified atom stereocenters. The van der Waals surface area contributed by atoms with Crippen molar-refractivity contribution >= 4 is 27.5 Å². The fraction of sp³-hybridized carbons (Fsp3) is 0.0870. The molecule has 0 aliphatic rings. The van der Waals surface area contributed by atoms with Gasteiger partial charge in [-0.05, 0) is 47.5 Å². The van der Waals surface area contributed by atoms with E-state index >= 15 is 0 Å². The van der Waals surface area contributed by atoms with Gasteiger partial charge in [-0.1, -0.05) is 51.8 Å². The van der Waals surface area contributed by atoms with E-state index in [1.807, 2.05) is 24.3 Å². The number of H-pyrrole nitrogens is 1. The van der Waals surface area contributed by atoms with Gasteiger partial charge in [0.05, 0.1) is 0 Å². The number of aromatic nitrogens is 2. The van der Waals surface area contributed by atoms with E-state index in [0.717, 1.165) is 10.0 Å². The number of hydrogen-bond acceptors (Lipinski definition) is 3. The summed E-state index contributed by atoms with van der Waals surface area (Å²) in [5, 5.41) is 16.9. The molecular weight excluding hydrogens is 509 g/mol. The van der Waals surface area contributed by atoms with Gasteiger partial charge >= 0.3 is 6.18 Å². The molecule has 0 aliphatic heterocycles. The Balaban J connectivity index is 1.68. The largest absolute Gasteiger partial charge is 0.507 e. The van der Waals surface area contributed by atoms with E-state index in [9.17, 15) is 18.3 Å². The number of phenolic OH excluding ortho intramolecular Hbond substituents is 1. The van der Waals surface area contributed by atoms with E-state index in [-0.39, 0.29) is 34.7 Å². The maximum atomic E-state index is 13.6. The number of phenols is 1. The third kappa shape index (κ3) is 4.76. The summed E-state index contributed by atoms with van der Waals surface area (Å²) >= 11 is 9.24. The van der Waals surface area contributed by atoms with Crippen molar-refractivity contribution in [2.45, 2.75) is 12.8 Å². The number of aromatic amines is 1. The molecule has 2 N–H and O–H groups in total. The number of alkyl halides is 3. The number of hydrogen-bond donors (Lipinski definition) is 2. The molecule has 0 bridgehead atoms. The first-order valence-corrected chi connectivity index (χ1v) is 10.5. The van der Waals surface area contributed by atoms with Gasteiger partial charge in [-0.15, -0.1) is 0 Å². The van der Waals surface area contributed by atoms with Crippen LogP contribution in [0.25, 0.3) is 22.4 Å². The van der Waals surface area contributed by atoms with Crippen molar-refractivity contribution in [1.29, 1.82) is 0 Å². The summed E-state index contributed by atoms with van der Waals surface area (Å²) in [7, 11) is 0. The quantitative estimate of drug-likeness (QED) is 0.285. The van der Waals surface area contributed by atoms with E-state index in [2.05, 4.69) is 26.1 Å². The van der Waals surface area contributed by atoms with Gasteiger partial charge in [0.2, 0.25) is 0 Å². The van der Waals surface area contributed by atoms with E-state index in [4.69, 9.17) is 16.3 Å². The molecule has 4 nitrogen and oxygen atoms in total. The molecule has 32 heavy (non-hydrogen) atoms. The van der Waals surface area contributed by atoms with Gasteiger partial charge in [0, 0.05) is 26.7 Å². The molecule has 0 radical (unpaired) electrons. The zero-order chi connectivity index (χ0) is 22.9. The predicted octanol–water partition coefficient (Wildman–Crippen LogP) is 7.46. The highest BCUT2D eigenvalue weighted by atomic mass is 79.9. The molecule has 1 aromatic heterocycles. The second-order valence-corrected chi connectivity index (χ2v) is 8.27. The van der Waals surface area contributed by atoms with Gasteiger partial charge < -0.3 is 9.84 Å². The van der Waals surface area contributed by atoms with E-state index in [1.165, 1.54) is 36.4 Å². The van der Waals surface area contributed by atoms with Crippen LogP contribution in [0.15, 0.2) is 71.2 Å². The molecule has 4 aromatic rings. The van der Waals surface area contributed by atoms with E-state index in [1.54, 1.807) is 6.07 Å². The van der Waals surface area contributed by atoms with Crippen molar-refractivity contribution < 1.29 is 23.0 Å². The van der Waals surface area contributed by atoms with Crippen LogP contribution in [0.2, 0.25) is 5.02 Å². The SMILES string of the molecule is Oc1cc(OCc2ccc(Br)cc2)ccc1-c1n[nH]c(C(F)(F)F)c1-c1ccc(Cl)cc1. The van der Waals surface area contributed by atoms with Crippen LogP contribution in [-0.4, -0.2) is 15.3 Å². The molecule has 0 atom stereocenters. The summed E-state index contributed by atoms with van der Waals surface area (Å²) < 4.78 is 47.5. The Labute approximate surface area is 194 Å². The number of ether oxygens (including phenoxy) is 1. The Morgan fingerprint density at radius 3 is 2.31 bits per heavy atom. The second-order valence-electron chi connectivity index (χ2n) is 6.92. The van der Waals surface area contributed by atoms with Gasteiger partial charge in [0.15, 0.2) is 0 Å². The molecule has 0 saturated carbocycles. The van der Waals surface area contributed by atoms with Crippen LogP contribution in [0, 0.1) is 0 Å². The molecule has 164 valence electrons. The Hall–Kier alpha value is -2.97. The van der Waals surface area contributed by atoms with Crippen molar-refractivity contribution in [2.75, 3.05) is 0 Å². The van der Waals surface area contributed by atoms with Gasteiger partial charge in [-0.2, -0.15) is 18.3 Å². The highest BCUT2D eigenvalue weighted by Gasteiger charge is 2.38. The number of nitrogens with one attached hydrogen (secondary N) is 1. The first-order chi connectivity index (χ1) is 15.2. The molecule has 3 aromatic carbocycles. The third-order valence-corrected chi connectivity index (χ3v) is 5.51. The van der Waals surface area contributed by atoms with Crippen molar-refractivity contribution in [3.05, 3.63) is 87.5 Å². The van der Waals surface area contributed by atoms with Crippen LogP contribution in [0.4, 0.5) is 13.2 Å². The fourth-order valence-corrected chi connectivity index (χ4v) is 3.58. The Bertz CT molecular complexity index is 1240. The maximum Gasteiger partial charge on any atom is 0.433 e. The lowest BCUT2D eigenvalue weighted by atomic mass is 9.98. The number of benzene rings is 3. The summed E-state index contributed by atoms with van der Waals surface area (Å²) in [6.45, 7) is 0.267. The molecular formula is C23H15BrClF3N2O2. The summed E-state index contributed by atoms with van der Waals surface area (Å²) in [4.78, 5) is 0. The number of nitrogens with zero attached hydrogens (tertiary/aromatic N) is 1. The molecule has 0 amide bonds. The van der Waals surface area contributed by atoms with Crippen LogP contribution >= 0.6 is 27.5 Å². The van der Waals surface area contributed by atoms with E-state index < -0.39 is 11.9 Å². The normalized spacial score (nSPS) is 11.5. The topological polar surface area (TPSA) is 58.1 Å². The summed E-state index contributed by atoms with van der Waals surface area (Å²) in [5.74, 6) is 0.113. The minimum absolute atomic E-state index is 0.0309. The predicted molar refractivity (Wildman–Crippen MR) is 120 cm³/mol. The van der Waals surface area contributed by atoms with Crippen LogP contribution in [-0.2, 0) is 12.8 Å². The number of halogens is 5. The molecule has 0 fully saturated rings. The zero-order valence-corrected chi connectivity index (χ0v) is 18.6. The fourth-order valence-electron chi connectivity index (χ4n) is 3.19. The van der Waals surface area contributed by atoms with Gasteiger partial charge in [-0.3, -0.25) is 5.10 Å². The van der Waals surface area contributed by atoms with Gasteiger partial charge in [0.25, 0.3) is 0 Å². The summed E-state index contributed by atoms with van der Waals surface area (Å²) in [6, 6.07) is 17.9. The van der Waals surface area contributed by atoms with Crippen LogP contribution in [0.1, 0.15) is 11.3 Å².